The zero-order chi connectivity index (χ0) is 16.8. The van der Waals surface area contributed by atoms with Crippen LogP contribution < -0.4 is 15.8 Å². The zero-order valence-electron chi connectivity index (χ0n) is 14.6. The number of nitrogens with two attached hydrogens (primary N) is 1. The van der Waals surface area contributed by atoms with Crippen molar-refractivity contribution in [1.82, 2.24) is 5.32 Å². The van der Waals surface area contributed by atoms with Gasteiger partial charge in [0, 0.05) is 12.5 Å². The van der Waals surface area contributed by atoms with Gasteiger partial charge in [-0.3, -0.25) is 4.79 Å². The Balaban J connectivity index is 1.83. The lowest BCUT2D eigenvalue weighted by atomic mass is 9.86. The molecule has 1 aliphatic rings. The number of rotatable bonds is 6. The summed E-state index contributed by atoms with van der Waals surface area (Å²) in [5.41, 5.74) is 7.73. The molecule has 0 bridgehead atoms. The molecule has 1 saturated carbocycles. The van der Waals surface area contributed by atoms with Gasteiger partial charge in [0.15, 0.2) is 0 Å². The first-order chi connectivity index (χ1) is 11.0. The van der Waals surface area contributed by atoms with Crippen molar-refractivity contribution in [2.45, 2.75) is 71.4 Å². The molecule has 0 heterocycles. The van der Waals surface area contributed by atoms with Crippen molar-refractivity contribution in [1.29, 1.82) is 0 Å². The molecular formula is C19H30N2O2. The Bertz CT molecular complexity index is 528. The molecule has 0 aromatic heterocycles. The average molecular weight is 318 g/mol. The van der Waals surface area contributed by atoms with E-state index in [1.807, 2.05) is 32.0 Å². The molecule has 4 nitrogen and oxygen atoms in total. The number of hydrogen-bond acceptors (Lipinski definition) is 3. The van der Waals surface area contributed by atoms with Gasteiger partial charge in [0.1, 0.15) is 5.75 Å². The predicted molar refractivity (Wildman–Crippen MR) is 94.5 cm³/mol. The topological polar surface area (TPSA) is 64.3 Å². The Morgan fingerprint density at radius 3 is 2.74 bits per heavy atom. The Labute approximate surface area is 139 Å². The van der Waals surface area contributed by atoms with Crippen LogP contribution in [0.2, 0.25) is 0 Å². The van der Waals surface area contributed by atoms with Crippen LogP contribution in [0.25, 0.3) is 0 Å². The molecule has 1 amide bonds. The monoisotopic (exact) mass is 318 g/mol. The van der Waals surface area contributed by atoms with Gasteiger partial charge in [-0.15, -0.1) is 0 Å². The molecule has 2 rings (SSSR count). The third-order valence-corrected chi connectivity index (χ3v) is 4.54. The second-order valence-electron chi connectivity index (χ2n) is 6.97. The molecule has 4 heteroatoms. The second-order valence-corrected chi connectivity index (χ2v) is 6.97. The quantitative estimate of drug-likeness (QED) is 0.786. The highest BCUT2D eigenvalue weighted by Crippen LogP contribution is 2.25. The summed E-state index contributed by atoms with van der Waals surface area (Å²) in [6.07, 6.45) is 6.17. The molecule has 1 aliphatic carbocycles. The standard InChI is InChI=1S/C19H30N2O2/c1-13(2)23-18-10-8-15(12-16(18)20)9-11-19(22)21-17-7-5-4-6-14(17)3/h8,10,12-14,17H,4-7,9,11,20H2,1-3H3,(H,21,22). The first kappa shape index (κ1) is 17.6. The summed E-state index contributed by atoms with van der Waals surface area (Å²) in [7, 11) is 0. The van der Waals surface area contributed by atoms with E-state index in [1.165, 1.54) is 19.3 Å². The number of carbonyl (C=O) groups is 1. The van der Waals surface area contributed by atoms with Crippen molar-refractivity contribution in [3.8, 4) is 5.75 Å². The van der Waals surface area contributed by atoms with Gasteiger partial charge in [-0.1, -0.05) is 25.8 Å². The van der Waals surface area contributed by atoms with Crippen molar-refractivity contribution in [3.05, 3.63) is 23.8 Å². The SMILES string of the molecule is CC(C)Oc1ccc(CCC(=O)NC2CCCCC2C)cc1N. The van der Waals surface area contributed by atoms with Gasteiger partial charge in [-0.05, 0) is 56.7 Å². The van der Waals surface area contributed by atoms with Crippen LogP contribution in [0, 0.1) is 5.92 Å². The van der Waals surface area contributed by atoms with E-state index < -0.39 is 0 Å². The number of hydrogen-bond donors (Lipinski definition) is 2. The van der Waals surface area contributed by atoms with E-state index >= 15 is 0 Å². The largest absolute Gasteiger partial charge is 0.489 e. The normalized spacial score (nSPS) is 21.2. The first-order valence-corrected chi connectivity index (χ1v) is 8.80. The molecule has 0 aliphatic heterocycles. The van der Waals surface area contributed by atoms with Crippen molar-refractivity contribution >= 4 is 11.6 Å². The maximum atomic E-state index is 12.2. The van der Waals surface area contributed by atoms with Crippen molar-refractivity contribution in [2.75, 3.05) is 5.73 Å². The number of anilines is 1. The van der Waals surface area contributed by atoms with E-state index in [9.17, 15) is 4.79 Å². The summed E-state index contributed by atoms with van der Waals surface area (Å²) >= 11 is 0. The third kappa shape index (κ3) is 5.45. The highest BCUT2D eigenvalue weighted by molar-refractivity contribution is 5.76. The maximum absolute atomic E-state index is 12.2. The molecule has 1 aromatic rings. The minimum atomic E-state index is 0.103. The molecule has 0 saturated heterocycles. The summed E-state index contributed by atoms with van der Waals surface area (Å²) in [5, 5.41) is 3.20. The number of benzene rings is 1. The van der Waals surface area contributed by atoms with Gasteiger partial charge in [-0.2, -0.15) is 0 Å². The molecule has 128 valence electrons. The van der Waals surface area contributed by atoms with Gasteiger partial charge < -0.3 is 15.8 Å². The minimum Gasteiger partial charge on any atom is -0.489 e. The number of amides is 1. The zero-order valence-corrected chi connectivity index (χ0v) is 14.6. The van der Waals surface area contributed by atoms with Gasteiger partial charge in [0.25, 0.3) is 0 Å². The van der Waals surface area contributed by atoms with Crippen molar-refractivity contribution in [3.63, 3.8) is 0 Å². The van der Waals surface area contributed by atoms with Crippen LogP contribution >= 0.6 is 0 Å². The van der Waals surface area contributed by atoms with E-state index in [-0.39, 0.29) is 12.0 Å². The van der Waals surface area contributed by atoms with E-state index in [4.69, 9.17) is 10.5 Å². The summed E-state index contributed by atoms with van der Waals surface area (Å²) in [6, 6.07) is 6.15. The lowest BCUT2D eigenvalue weighted by Gasteiger charge is -2.29. The molecular weight excluding hydrogens is 288 g/mol. The highest BCUT2D eigenvalue weighted by atomic mass is 16.5. The lowest BCUT2D eigenvalue weighted by Crippen LogP contribution is -2.41. The maximum Gasteiger partial charge on any atom is 0.220 e. The van der Waals surface area contributed by atoms with Crippen LogP contribution in [-0.2, 0) is 11.2 Å². The molecule has 0 radical (unpaired) electrons. The predicted octanol–water partition coefficient (Wildman–Crippen LogP) is 3.68. The molecule has 3 N–H and O–H groups in total. The summed E-state index contributed by atoms with van der Waals surface area (Å²) in [5.74, 6) is 1.45. The van der Waals surface area contributed by atoms with E-state index in [0.29, 0.717) is 36.2 Å². The van der Waals surface area contributed by atoms with Gasteiger partial charge >= 0.3 is 0 Å². The molecule has 0 spiro atoms. The van der Waals surface area contributed by atoms with Gasteiger partial charge in [0.05, 0.1) is 11.8 Å². The molecule has 1 aromatic carbocycles. The van der Waals surface area contributed by atoms with Crippen LogP contribution in [0.5, 0.6) is 5.75 Å². The Morgan fingerprint density at radius 1 is 1.35 bits per heavy atom. The fourth-order valence-electron chi connectivity index (χ4n) is 3.18. The smallest absolute Gasteiger partial charge is 0.220 e. The van der Waals surface area contributed by atoms with Crippen LogP contribution in [-0.4, -0.2) is 18.1 Å². The number of nitrogens with one attached hydrogen (secondary N) is 1. The van der Waals surface area contributed by atoms with Crippen LogP contribution in [0.15, 0.2) is 18.2 Å². The molecule has 23 heavy (non-hydrogen) atoms. The number of carbonyl (C=O) groups excluding carboxylic acids is 1. The number of nitrogen functional groups attached to an aromatic ring is 1. The van der Waals surface area contributed by atoms with E-state index in [2.05, 4.69) is 12.2 Å². The highest BCUT2D eigenvalue weighted by Gasteiger charge is 2.22. The van der Waals surface area contributed by atoms with Crippen molar-refractivity contribution < 1.29 is 9.53 Å². The Hall–Kier alpha value is -1.71. The Kier molecular flexibility index (Phi) is 6.31. The second kappa shape index (κ2) is 8.23. The fraction of sp³-hybridized carbons (Fsp3) is 0.632. The average Bonchev–Trinajstić information content (AvgIpc) is 2.49. The Morgan fingerprint density at radius 2 is 2.09 bits per heavy atom. The fourth-order valence-corrected chi connectivity index (χ4v) is 3.18. The van der Waals surface area contributed by atoms with Gasteiger partial charge in [0.2, 0.25) is 5.91 Å². The molecule has 2 atom stereocenters. The van der Waals surface area contributed by atoms with E-state index in [1.54, 1.807) is 0 Å². The summed E-state index contributed by atoms with van der Waals surface area (Å²) < 4.78 is 5.63. The summed E-state index contributed by atoms with van der Waals surface area (Å²) in [4.78, 5) is 12.2. The number of aryl methyl sites for hydroxylation is 1. The van der Waals surface area contributed by atoms with Crippen molar-refractivity contribution in [2.24, 2.45) is 5.92 Å². The molecule has 1 fully saturated rings. The van der Waals surface area contributed by atoms with Crippen LogP contribution in [0.1, 0.15) is 58.4 Å². The molecule has 2 unspecified atom stereocenters. The van der Waals surface area contributed by atoms with Crippen LogP contribution in [0.4, 0.5) is 5.69 Å². The third-order valence-electron chi connectivity index (χ3n) is 4.54. The van der Waals surface area contributed by atoms with E-state index in [0.717, 1.165) is 12.0 Å². The van der Waals surface area contributed by atoms with Crippen LogP contribution in [0.3, 0.4) is 0 Å². The lowest BCUT2D eigenvalue weighted by molar-refractivity contribution is -0.122. The summed E-state index contributed by atoms with van der Waals surface area (Å²) in [6.45, 7) is 6.19. The van der Waals surface area contributed by atoms with Gasteiger partial charge in [-0.25, -0.2) is 0 Å². The number of ether oxygens (including phenoxy) is 1. The minimum absolute atomic E-state index is 0.103. The first-order valence-electron chi connectivity index (χ1n) is 8.80.